The highest BCUT2D eigenvalue weighted by molar-refractivity contribution is 7.13. The van der Waals surface area contributed by atoms with Gasteiger partial charge in [-0.3, -0.25) is 14.4 Å². The number of hydrogen-bond donors (Lipinski definition) is 3. The van der Waals surface area contributed by atoms with E-state index in [9.17, 15) is 14.4 Å². The Morgan fingerprint density at radius 2 is 2.12 bits per heavy atom. The Kier molecular flexibility index (Phi) is 4.57. The minimum atomic E-state index is -0.756. The fourth-order valence-corrected chi connectivity index (χ4v) is 3.09. The second-order valence-electron chi connectivity index (χ2n) is 5.44. The fraction of sp³-hybridized carbons (Fsp3) is 0.250. The molecule has 3 rings (SSSR count). The molecule has 0 bridgehead atoms. The second-order valence-corrected chi connectivity index (χ2v) is 6.30. The van der Waals surface area contributed by atoms with E-state index < -0.39 is 6.04 Å². The van der Waals surface area contributed by atoms with Crippen LogP contribution in [0.3, 0.4) is 0 Å². The number of fused-ring (bicyclic) bond motifs is 1. The normalized spacial score (nSPS) is 16.6. The summed E-state index contributed by atoms with van der Waals surface area (Å²) in [6, 6.07) is 6.04. The zero-order valence-electron chi connectivity index (χ0n) is 13.0. The lowest BCUT2D eigenvalue weighted by Crippen LogP contribution is -2.41. The quantitative estimate of drug-likeness (QED) is 0.789. The van der Waals surface area contributed by atoms with Crippen molar-refractivity contribution in [2.75, 3.05) is 10.6 Å². The van der Waals surface area contributed by atoms with Crippen LogP contribution in [0.25, 0.3) is 0 Å². The fourth-order valence-electron chi connectivity index (χ4n) is 2.38. The van der Waals surface area contributed by atoms with Crippen molar-refractivity contribution in [2.45, 2.75) is 25.8 Å². The van der Waals surface area contributed by atoms with Crippen molar-refractivity contribution in [1.29, 1.82) is 0 Å². The van der Waals surface area contributed by atoms with Crippen molar-refractivity contribution in [3.8, 4) is 0 Å². The van der Waals surface area contributed by atoms with E-state index in [0.717, 1.165) is 5.69 Å². The van der Waals surface area contributed by atoms with Gasteiger partial charge in [0.25, 0.3) is 5.91 Å². The predicted octanol–water partition coefficient (Wildman–Crippen LogP) is 1.92. The van der Waals surface area contributed by atoms with Crippen molar-refractivity contribution in [2.24, 2.45) is 0 Å². The summed E-state index contributed by atoms with van der Waals surface area (Å²) in [4.78, 5) is 40.5. The number of carbonyl (C=O) groups excluding carboxylic acids is 3. The number of benzene rings is 1. The van der Waals surface area contributed by atoms with Crippen LogP contribution in [-0.2, 0) is 9.59 Å². The largest absolute Gasteiger partial charge is 0.340 e. The summed E-state index contributed by atoms with van der Waals surface area (Å²) < 4.78 is 0. The summed E-state index contributed by atoms with van der Waals surface area (Å²) in [5.74, 6) is -0.899. The molecule has 0 unspecified atom stereocenters. The van der Waals surface area contributed by atoms with Gasteiger partial charge in [-0.05, 0) is 25.5 Å². The Hall–Kier alpha value is -2.74. The van der Waals surface area contributed by atoms with Crippen molar-refractivity contribution < 1.29 is 14.4 Å². The Morgan fingerprint density at radius 1 is 1.33 bits per heavy atom. The number of anilines is 2. The van der Waals surface area contributed by atoms with Crippen LogP contribution in [0.5, 0.6) is 0 Å². The number of nitrogens with zero attached hydrogens (tertiary/aromatic N) is 1. The monoisotopic (exact) mass is 344 g/mol. The van der Waals surface area contributed by atoms with Crippen molar-refractivity contribution in [3.63, 3.8) is 0 Å². The van der Waals surface area contributed by atoms with Crippen LogP contribution < -0.4 is 16.0 Å². The molecule has 124 valence electrons. The van der Waals surface area contributed by atoms with Gasteiger partial charge in [0.15, 0.2) is 5.13 Å². The molecule has 1 aromatic carbocycles. The van der Waals surface area contributed by atoms with Gasteiger partial charge in [0.2, 0.25) is 11.8 Å². The third kappa shape index (κ3) is 3.60. The van der Waals surface area contributed by atoms with Crippen LogP contribution in [0.2, 0.25) is 0 Å². The highest BCUT2D eigenvalue weighted by Gasteiger charge is 2.27. The molecule has 8 heteroatoms. The molecule has 3 amide bonds. The Labute approximate surface area is 142 Å². The first-order chi connectivity index (χ1) is 11.5. The standard InChI is InChI=1S/C16H16N4O3S/c1-9-8-24-16(17-9)20-13(21)7-6-12-15(23)18-11-5-3-2-4-10(11)14(22)19-12/h2-5,8,12H,6-7H2,1H3,(H,18,23)(H,19,22)(H,17,20,21)/t12-/m1/s1. The molecule has 0 saturated heterocycles. The van der Waals surface area contributed by atoms with Crippen LogP contribution in [-0.4, -0.2) is 28.7 Å². The van der Waals surface area contributed by atoms with E-state index in [1.54, 1.807) is 24.3 Å². The molecular weight excluding hydrogens is 328 g/mol. The van der Waals surface area contributed by atoms with Gasteiger partial charge in [-0.25, -0.2) is 4.98 Å². The molecular formula is C16H16N4O3S. The number of amides is 3. The highest BCUT2D eigenvalue weighted by atomic mass is 32.1. The molecule has 1 aromatic heterocycles. The van der Waals surface area contributed by atoms with Gasteiger partial charge in [0.05, 0.1) is 16.9 Å². The lowest BCUT2D eigenvalue weighted by atomic mass is 10.1. The second kappa shape index (κ2) is 6.79. The predicted molar refractivity (Wildman–Crippen MR) is 91.0 cm³/mol. The number of thiazole rings is 1. The molecule has 24 heavy (non-hydrogen) atoms. The third-order valence-electron chi connectivity index (χ3n) is 3.58. The van der Waals surface area contributed by atoms with Gasteiger partial charge in [0, 0.05) is 11.8 Å². The first-order valence-corrected chi connectivity index (χ1v) is 8.33. The molecule has 0 radical (unpaired) electrons. The third-order valence-corrected chi connectivity index (χ3v) is 4.45. The first kappa shape index (κ1) is 16.1. The Bertz CT molecular complexity index is 802. The highest BCUT2D eigenvalue weighted by Crippen LogP contribution is 2.19. The number of hydrogen-bond acceptors (Lipinski definition) is 5. The van der Waals surface area contributed by atoms with E-state index in [-0.39, 0.29) is 30.6 Å². The average molecular weight is 344 g/mol. The minimum absolute atomic E-state index is 0.105. The zero-order chi connectivity index (χ0) is 17.1. The van der Waals surface area contributed by atoms with Crippen LogP contribution in [0, 0.1) is 6.92 Å². The van der Waals surface area contributed by atoms with E-state index in [1.165, 1.54) is 11.3 Å². The molecule has 7 nitrogen and oxygen atoms in total. The Balaban J connectivity index is 1.60. The molecule has 3 N–H and O–H groups in total. The summed E-state index contributed by atoms with van der Waals surface area (Å²) in [6.07, 6.45) is 0.315. The zero-order valence-corrected chi connectivity index (χ0v) is 13.8. The van der Waals surface area contributed by atoms with E-state index >= 15 is 0 Å². The molecule has 2 heterocycles. The SMILES string of the molecule is Cc1csc(NC(=O)CC[C@H]2NC(=O)c3ccccc3NC2=O)n1. The molecule has 2 aromatic rings. The molecule has 0 spiro atoms. The summed E-state index contributed by atoms with van der Waals surface area (Å²) in [5.41, 5.74) is 1.73. The minimum Gasteiger partial charge on any atom is -0.340 e. The molecule has 1 aliphatic heterocycles. The van der Waals surface area contributed by atoms with E-state index in [1.807, 2.05) is 12.3 Å². The van der Waals surface area contributed by atoms with Crippen LogP contribution in [0.4, 0.5) is 10.8 Å². The molecule has 0 saturated carbocycles. The van der Waals surface area contributed by atoms with Crippen LogP contribution in [0.1, 0.15) is 28.9 Å². The Morgan fingerprint density at radius 3 is 2.88 bits per heavy atom. The maximum atomic E-state index is 12.2. The molecule has 0 aliphatic carbocycles. The number of aromatic nitrogens is 1. The number of para-hydroxylation sites is 1. The van der Waals surface area contributed by atoms with Crippen molar-refractivity contribution in [3.05, 3.63) is 40.9 Å². The molecule has 0 fully saturated rings. The smallest absolute Gasteiger partial charge is 0.254 e. The first-order valence-electron chi connectivity index (χ1n) is 7.45. The topological polar surface area (TPSA) is 100 Å². The summed E-state index contributed by atoms with van der Waals surface area (Å²) in [6.45, 7) is 1.84. The summed E-state index contributed by atoms with van der Waals surface area (Å²) in [5, 5.41) is 10.4. The summed E-state index contributed by atoms with van der Waals surface area (Å²) in [7, 11) is 0. The lowest BCUT2D eigenvalue weighted by molar-refractivity contribution is -0.118. The van der Waals surface area contributed by atoms with Gasteiger partial charge in [-0.1, -0.05) is 12.1 Å². The maximum Gasteiger partial charge on any atom is 0.254 e. The van der Waals surface area contributed by atoms with Crippen molar-refractivity contribution in [1.82, 2.24) is 10.3 Å². The van der Waals surface area contributed by atoms with E-state index in [0.29, 0.717) is 16.4 Å². The van der Waals surface area contributed by atoms with E-state index in [2.05, 4.69) is 20.9 Å². The average Bonchev–Trinajstić information content (AvgIpc) is 2.91. The van der Waals surface area contributed by atoms with Crippen LogP contribution in [0.15, 0.2) is 29.6 Å². The number of aryl methyl sites for hydroxylation is 1. The van der Waals surface area contributed by atoms with E-state index in [4.69, 9.17) is 0 Å². The maximum absolute atomic E-state index is 12.2. The molecule has 1 atom stereocenters. The van der Waals surface area contributed by atoms with Gasteiger partial charge < -0.3 is 16.0 Å². The molecule has 1 aliphatic rings. The van der Waals surface area contributed by atoms with Crippen molar-refractivity contribution >= 4 is 39.9 Å². The van der Waals surface area contributed by atoms with Gasteiger partial charge in [-0.15, -0.1) is 11.3 Å². The van der Waals surface area contributed by atoms with Gasteiger partial charge in [0.1, 0.15) is 6.04 Å². The van der Waals surface area contributed by atoms with Gasteiger partial charge in [-0.2, -0.15) is 0 Å². The lowest BCUT2D eigenvalue weighted by Gasteiger charge is -2.13. The number of carbonyl (C=O) groups is 3. The number of rotatable bonds is 4. The van der Waals surface area contributed by atoms with Gasteiger partial charge >= 0.3 is 0 Å². The number of nitrogens with one attached hydrogen (secondary N) is 3. The summed E-state index contributed by atoms with van der Waals surface area (Å²) >= 11 is 1.34. The van der Waals surface area contributed by atoms with Crippen LogP contribution >= 0.6 is 11.3 Å².